The Kier molecular flexibility index (Phi) is 3.43. The van der Waals surface area contributed by atoms with E-state index in [0.717, 1.165) is 43.4 Å². The van der Waals surface area contributed by atoms with E-state index in [2.05, 4.69) is 5.10 Å². The number of fused-ring (bicyclic) bond motifs is 3. The number of hydrogen-bond acceptors (Lipinski definition) is 4. The van der Waals surface area contributed by atoms with Crippen LogP contribution in [0.15, 0.2) is 41.6 Å². The topological polar surface area (TPSA) is 64.4 Å². The zero-order valence-corrected chi connectivity index (χ0v) is 14.7. The van der Waals surface area contributed by atoms with Crippen LogP contribution in [0.5, 0.6) is 5.75 Å². The molecule has 2 aromatic rings. The quantitative estimate of drug-likeness (QED) is 0.844. The predicted molar refractivity (Wildman–Crippen MR) is 92.0 cm³/mol. The van der Waals surface area contributed by atoms with Gasteiger partial charge >= 0.3 is 0 Å². The smallest absolute Gasteiger partial charge is 0.243 e. The largest absolute Gasteiger partial charge is 0.493 e. The molecule has 2 bridgehead atoms. The molecule has 3 aliphatic rings. The highest BCUT2D eigenvalue weighted by Gasteiger charge is 2.47. The van der Waals surface area contributed by atoms with Gasteiger partial charge in [-0.1, -0.05) is 0 Å². The van der Waals surface area contributed by atoms with Crippen molar-refractivity contribution in [3.05, 3.63) is 42.2 Å². The molecule has 2 saturated heterocycles. The third kappa shape index (κ3) is 2.40. The van der Waals surface area contributed by atoms with Crippen LogP contribution < -0.4 is 4.74 Å². The van der Waals surface area contributed by atoms with E-state index in [0.29, 0.717) is 17.5 Å². The summed E-state index contributed by atoms with van der Waals surface area (Å²) in [4.78, 5) is 0.409. The van der Waals surface area contributed by atoms with Crippen LogP contribution in [0.4, 0.5) is 0 Å². The van der Waals surface area contributed by atoms with E-state index in [9.17, 15) is 8.42 Å². The molecule has 0 spiro atoms. The summed E-state index contributed by atoms with van der Waals surface area (Å²) < 4.78 is 35.9. The van der Waals surface area contributed by atoms with Gasteiger partial charge in [0.1, 0.15) is 5.75 Å². The molecule has 4 heterocycles. The molecule has 6 nitrogen and oxygen atoms in total. The third-order valence-electron chi connectivity index (χ3n) is 5.78. The number of sulfonamides is 1. The monoisotopic (exact) mass is 359 g/mol. The van der Waals surface area contributed by atoms with Crippen LogP contribution in [0.25, 0.3) is 0 Å². The Balaban J connectivity index is 1.45. The van der Waals surface area contributed by atoms with Crippen molar-refractivity contribution in [2.75, 3.05) is 6.61 Å². The fourth-order valence-corrected chi connectivity index (χ4v) is 6.60. The van der Waals surface area contributed by atoms with Gasteiger partial charge in [-0.3, -0.25) is 4.68 Å². The first-order valence-corrected chi connectivity index (χ1v) is 10.4. The fraction of sp³-hybridized carbons (Fsp3) is 0.500. The highest BCUT2D eigenvalue weighted by Crippen LogP contribution is 2.44. The van der Waals surface area contributed by atoms with E-state index in [1.807, 2.05) is 16.9 Å². The predicted octanol–water partition coefficient (Wildman–Crippen LogP) is 2.37. The van der Waals surface area contributed by atoms with Crippen LogP contribution in [0.2, 0.25) is 0 Å². The van der Waals surface area contributed by atoms with Gasteiger partial charge in [0.25, 0.3) is 0 Å². The van der Waals surface area contributed by atoms with Gasteiger partial charge in [-0.05, 0) is 55.5 Å². The van der Waals surface area contributed by atoms with Crippen molar-refractivity contribution in [1.29, 1.82) is 0 Å². The van der Waals surface area contributed by atoms with Crippen molar-refractivity contribution in [1.82, 2.24) is 14.1 Å². The Hall–Kier alpha value is -1.86. The molecular weight excluding hydrogens is 338 g/mol. The number of ether oxygens (including phenoxy) is 1. The average molecular weight is 359 g/mol. The van der Waals surface area contributed by atoms with Crippen LogP contribution in [0.1, 0.15) is 37.3 Å². The summed E-state index contributed by atoms with van der Waals surface area (Å²) in [5.74, 6) is 0.819. The van der Waals surface area contributed by atoms with Crippen molar-refractivity contribution in [2.24, 2.45) is 0 Å². The van der Waals surface area contributed by atoms with Crippen LogP contribution in [0.3, 0.4) is 0 Å². The van der Waals surface area contributed by atoms with Gasteiger partial charge in [0, 0.05) is 30.9 Å². The molecule has 7 heteroatoms. The number of piperidine rings is 1. The summed E-state index contributed by atoms with van der Waals surface area (Å²) in [5.41, 5.74) is 1.000. The molecule has 0 radical (unpaired) electrons. The summed E-state index contributed by atoms with van der Waals surface area (Å²) >= 11 is 0. The van der Waals surface area contributed by atoms with Gasteiger partial charge < -0.3 is 4.74 Å². The lowest BCUT2D eigenvalue weighted by Crippen LogP contribution is -2.46. The summed E-state index contributed by atoms with van der Waals surface area (Å²) in [6.45, 7) is 0.638. The zero-order chi connectivity index (χ0) is 17.0. The third-order valence-corrected chi connectivity index (χ3v) is 7.78. The van der Waals surface area contributed by atoms with Crippen molar-refractivity contribution in [3.63, 3.8) is 0 Å². The minimum Gasteiger partial charge on any atom is -0.493 e. The molecule has 2 fully saturated rings. The minimum atomic E-state index is -3.46. The normalized spacial score (nSPS) is 28.7. The molecule has 0 aliphatic carbocycles. The average Bonchev–Trinajstić information content (AvgIpc) is 3.33. The first kappa shape index (κ1) is 15.4. The summed E-state index contributed by atoms with van der Waals surface area (Å²) in [5, 5.41) is 4.36. The molecule has 3 aliphatic heterocycles. The maximum absolute atomic E-state index is 13.3. The molecule has 0 amide bonds. The van der Waals surface area contributed by atoms with Gasteiger partial charge in [0.2, 0.25) is 10.0 Å². The van der Waals surface area contributed by atoms with Crippen molar-refractivity contribution >= 4 is 10.0 Å². The lowest BCUT2D eigenvalue weighted by Gasteiger charge is -2.38. The molecule has 0 N–H and O–H groups in total. The van der Waals surface area contributed by atoms with E-state index in [1.54, 1.807) is 28.7 Å². The van der Waals surface area contributed by atoms with Gasteiger partial charge in [-0.2, -0.15) is 9.40 Å². The number of benzene rings is 1. The van der Waals surface area contributed by atoms with Gasteiger partial charge in [0.05, 0.1) is 17.5 Å². The van der Waals surface area contributed by atoms with Crippen LogP contribution >= 0.6 is 0 Å². The first-order valence-electron chi connectivity index (χ1n) is 8.91. The fourth-order valence-electron chi connectivity index (χ4n) is 4.66. The number of nitrogens with zero attached hydrogens (tertiary/aromatic N) is 3. The Morgan fingerprint density at radius 2 is 1.92 bits per heavy atom. The summed E-state index contributed by atoms with van der Waals surface area (Å²) in [7, 11) is -3.46. The second-order valence-electron chi connectivity index (χ2n) is 7.20. The zero-order valence-electron chi connectivity index (χ0n) is 13.9. The summed E-state index contributed by atoms with van der Waals surface area (Å²) in [6, 6.07) is 7.66. The van der Waals surface area contributed by atoms with E-state index in [4.69, 9.17) is 4.74 Å². The van der Waals surface area contributed by atoms with Crippen molar-refractivity contribution < 1.29 is 13.2 Å². The minimum absolute atomic E-state index is 0.0717. The second kappa shape index (κ2) is 5.57. The van der Waals surface area contributed by atoms with Crippen LogP contribution in [-0.4, -0.2) is 41.2 Å². The molecule has 2 atom stereocenters. The van der Waals surface area contributed by atoms with Gasteiger partial charge in [0.15, 0.2) is 0 Å². The van der Waals surface area contributed by atoms with E-state index >= 15 is 0 Å². The molecule has 1 aromatic heterocycles. The maximum atomic E-state index is 13.3. The molecular formula is C18H21N3O3S. The highest BCUT2D eigenvalue weighted by molar-refractivity contribution is 7.89. The van der Waals surface area contributed by atoms with Crippen molar-refractivity contribution in [3.8, 4) is 5.75 Å². The molecule has 5 rings (SSSR count). The van der Waals surface area contributed by atoms with Gasteiger partial charge in [-0.25, -0.2) is 8.42 Å². The maximum Gasteiger partial charge on any atom is 0.243 e. The lowest BCUT2D eigenvalue weighted by atomic mass is 10.00. The van der Waals surface area contributed by atoms with E-state index in [-0.39, 0.29) is 12.1 Å². The molecule has 2 unspecified atom stereocenters. The first-order chi connectivity index (χ1) is 12.1. The number of rotatable bonds is 3. The molecule has 132 valence electrons. The molecule has 0 saturated carbocycles. The molecule has 25 heavy (non-hydrogen) atoms. The standard InChI is InChI=1S/C18H21N3O3S/c22-25(23,17-4-5-18-13(10-17)6-9-24-18)21-14-2-3-15(21)12-16(11-14)20-8-1-7-19-20/h1,4-5,7-8,10,14-16H,2-3,6,9,11-12H2. The summed E-state index contributed by atoms with van der Waals surface area (Å²) in [6.07, 6.45) is 8.11. The molecule has 1 aromatic carbocycles. The lowest BCUT2D eigenvalue weighted by molar-refractivity contribution is 0.185. The Bertz CT molecular complexity index is 880. The van der Waals surface area contributed by atoms with Crippen LogP contribution in [0, 0.1) is 0 Å². The highest BCUT2D eigenvalue weighted by atomic mass is 32.2. The SMILES string of the molecule is O=S(=O)(c1ccc2c(c1)CCO2)N1C2CCC1CC(n1cccn1)C2. The van der Waals surface area contributed by atoms with E-state index in [1.165, 1.54) is 0 Å². The Morgan fingerprint density at radius 1 is 1.12 bits per heavy atom. The Morgan fingerprint density at radius 3 is 2.64 bits per heavy atom. The number of hydrogen-bond donors (Lipinski definition) is 0. The number of aromatic nitrogens is 2. The van der Waals surface area contributed by atoms with E-state index < -0.39 is 10.0 Å². The van der Waals surface area contributed by atoms with Crippen LogP contribution in [-0.2, 0) is 16.4 Å². The van der Waals surface area contributed by atoms with Gasteiger partial charge in [-0.15, -0.1) is 0 Å². The second-order valence-corrected chi connectivity index (χ2v) is 9.04. The van der Waals surface area contributed by atoms with Crippen molar-refractivity contribution in [2.45, 2.75) is 55.1 Å². The Labute approximate surface area is 147 Å².